The third-order valence-corrected chi connectivity index (χ3v) is 12.3. The van der Waals surface area contributed by atoms with Crippen LogP contribution in [0.3, 0.4) is 0 Å². The molecule has 12 atom stereocenters. The minimum Gasteiger partial charge on any atom is -0.387 e. The van der Waals surface area contributed by atoms with Crippen LogP contribution in [-0.4, -0.2) is 122 Å². The molecule has 0 amide bonds. The number of aliphatic imine (C=N–C) groups is 1. The number of aliphatic hydroxyl groups excluding tert-OH is 4. The summed E-state index contributed by atoms with van der Waals surface area (Å²) in [7, 11) is -14.5. The standard InChI is InChI=1S/C22H33N10O18P3/c1-30-6-32(16-10(30)18(37)29-22(24)27-16)20-13(35)14(44-2)8(48-20)4-46-52(40,41)50-53(42,43)49-51(38,39)45-3-7-11(33)12(34)19(47-7)31-5-25-9-15(31)26-21(23)28-17(9)36/h5-8,11-14,18-20,33-35,37H,3-4H2,1-2H3,(H8-,23,24,26,27,28,29,36,38,39,40,41,42,43)/p+1/t7-,8+,11?,12+,13?,14-,18?,19-,20+/m1/s1. The summed E-state index contributed by atoms with van der Waals surface area (Å²) in [5, 5.41) is 45.0. The van der Waals surface area contributed by atoms with Crippen LogP contribution in [0.1, 0.15) is 24.4 Å². The monoisotopic (exact) mass is 819 g/mol. The van der Waals surface area contributed by atoms with Gasteiger partial charge in [-0.15, -0.1) is 0 Å². The normalized spacial score (nSPS) is 32.1. The van der Waals surface area contributed by atoms with Gasteiger partial charge in [-0.05, 0) is 0 Å². The molecule has 53 heavy (non-hydrogen) atoms. The van der Waals surface area contributed by atoms with Crippen LogP contribution in [0, 0.1) is 0 Å². The number of phosphoric acid groups is 3. The number of aliphatic hydroxyl groups is 4. The highest BCUT2D eigenvalue weighted by molar-refractivity contribution is 7.66. The lowest BCUT2D eigenvalue weighted by Gasteiger charge is -2.21. The number of aromatic nitrogens is 6. The summed E-state index contributed by atoms with van der Waals surface area (Å²) < 4.78 is 75.6. The molecule has 6 heterocycles. The van der Waals surface area contributed by atoms with Crippen molar-refractivity contribution in [3.63, 3.8) is 0 Å². The minimum absolute atomic E-state index is 0.143. The summed E-state index contributed by atoms with van der Waals surface area (Å²) in [4.78, 5) is 56.1. The number of aryl methyl sites for hydroxylation is 1. The number of anilines is 2. The van der Waals surface area contributed by atoms with E-state index in [0.29, 0.717) is 0 Å². The first-order chi connectivity index (χ1) is 24.7. The number of hydrogen-bond acceptors (Lipinski definition) is 21. The number of guanidine groups is 1. The molecule has 3 aromatic rings. The van der Waals surface area contributed by atoms with Gasteiger partial charge in [0.05, 0.1) is 26.6 Å². The van der Waals surface area contributed by atoms with Gasteiger partial charge < -0.3 is 60.8 Å². The van der Waals surface area contributed by atoms with E-state index in [2.05, 4.69) is 38.4 Å². The number of nitrogens with two attached hydrogens (primary N) is 2. The molecule has 294 valence electrons. The number of fused-ring (bicyclic) bond motifs is 2. The summed E-state index contributed by atoms with van der Waals surface area (Å²) >= 11 is 0. The first-order valence-corrected chi connectivity index (χ1v) is 19.4. The van der Waals surface area contributed by atoms with Gasteiger partial charge in [0.25, 0.3) is 17.3 Å². The Morgan fingerprint density at radius 2 is 1.60 bits per heavy atom. The van der Waals surface area contributed by atoms with Gasteiger partial charge in [0, 0.05) is 7.11 Å². The van der Waals surface area contributed by atoms with E-state index in [1.54, 1.807) is 7.05 Å². The summed E-state index contributed by atoms with van der Waals surface area (Å²) in [6, 6.07) is 0. The number of nitrogens with zero attached hydrogens (tertiary/aromatic N) is 6. The molecule has 3 aromatic heterocycles. The van der Waals surface area contributed by atoms with Crippen molar-refractivity contribution in [1.29, 1.82) is 0 Å². The van der Waals surface area contributed by atoms with Crippen LogP contribution in [-0.2, 0) is 52.6 Å². The SMILES string of the molecule is CO[C@H]1C(O)[C@@H]([n+]2cn(C)c3c2NC(N)=NC3O)O[C@H]1COP(=O)(O)OP(=O)(O)OP(=O)(O)OC[C@H]1O[C@@H](n2cnc3c(=O)[nH]c(N)nc32)[C@@H](O)C1O. The Morgan fingerprint density at radius 3 is 2.25 bits per heavy atom. The van der Waals surface area contributed by atoms with Gasteiger partial charge in [0.15, 0.2) is 23.7 Å². The molecular formula is C22H34N10O18P3+. The molecule has 6 unspecified atom stereocenters. The predicted octanol–water partition coefficient (Wildman–Crippen LogP) is -3.98. The Kier molecular flexibility index (Phi) is 10.7. The van der Waals surface area contributed by atoms with Gasteiger partial charge in [-0.25, -0.2) is 28.6 Å². The van der Waals surface area contributed by atoms with Crippen LogP contribution in [0.5, 0.6) is 0 Å². The van der Waals surface area contributed by atoms with E-state index < -0.39 is 97.5 Å². The number of nitrogen functional groups attached to an aromatic ring is 1. The number of ether oxygens (including phenoxy) is 3. The Hall–Kier alpha value is -3.24. The molecule has 0 radical (unpaired) electrons. The predicted molar refractivity (Wildman–Crippen MR) is 169 cm³/mol. The lowest BCUT2D eigenvalue weighted by molar-refractivity contribution is -0.753. The molecule has 0 spiro atoms. The second kappa shape index (κ2) is 14.4. The number of nitrogens with one attached hydrogen (secondary N) is 2. The van der Waals surface area contributed by atoms with Crippen molar-refractivity contribution in [2.75, 3.05) is 31.4 Å². The summed E-state index contributed by atoms with van der Waals surface area (Å²) in [5.41, 5.74) is 10.5. The van der Waals surface area contributed by atoms with E-state index in [0.717, 1.165) is 10.9 Å². The van der Waals surface area contributed by atoms with Crippen LogP contribution in [0.15, 0.2) is 22.4 Å². The quantitative estimate of drug-likeness (QED) is 0.0578. The van der Waals surface area contributed by atoms with Crippen molar-refractivity contribution < 1.29 is 85.2 Å². The highest BCUT2D eigenvalue weighted by Gasteiger charge is 2.51. The zero-order chi connectivity index (χ0) is 38.8. The first kappa shape index (κ1) is 39.5. The molecule has 28 nitrogen and oxygen atoms in total. The molecule has 0 bridgehead atoms. The summed E-state index contributed by atoms with van der Waals surface area (Å²) in [5.74, 6) is -0.256. The lowest BCUT2D eigenvalue weighted by atomic mass is 10.1. The van der Waals surface area contributed by atoms with E-state index in [1.165, 1.54) is 22.6 Å². The van der Waals surface area contributed by atoms with Crippen LogP contribution in [0.2, 0.25) is 0 Å². The second-order valence-corrected chi connectivity index (χ2v) is 16.3. The largest absolute Gasteiger partial charge is 0.490 e. The van der Waals surface area contributed by atoms with Gasteiger partial charge in [-0.2, -0.15) is 18.6 Å². The van der Waals surface area contributed by atoms with Crippen molar-refractivity contribution in [2.45, 2.75) is 55.3 Å². The third kappa shape index (κ3) is 7.96. The Morgan fingerprint density at radius 1 is 0.962 bits per heavy atom. The molecule has 2 fully saturated rings. The summed E-state index contributed by atoms with van der Waals surface area (Å²) in [6.45, 7) is -2.00. The number of H-pyrrole nitrogens is 1. The van der Waals surface area contributed by atoms with Crippen LogP contribution in [0.25, 0.3) is 11.2 Å². The Bertz CT molecular complexity index is 2110. The van der Waals surface area contributed by atoms with E-state index in [-0.39, 0.29) is 34.6 Å². The van der Waals surface area contributed by atoms with Gasteiger partial charge in [-0.1, -0.05) is 0 Å². The van der Waals surface area contributed by atoms with E-state index >= 15 is 0 Å². The maximum Gasteiger partial charge on any atom is 0.490 e. The fourth-order valence-electron chi connectivity index (χ4n) is 5.84. The number of hydrogen-bond donors (Lipinski definition) is 11. The highest BCUT2D eigenvalue weighted by atomic mass is 31.3. The second-order valence-electron chi connectivity index (χ2n) is 11.6. The van der Waals surface area contributed by atoms with E-state index in [1.807, 2.05) is 0 Å². The van der Waals surface area contributed by atoms with Crippen molar-refractivity contribution in [3.8, 4) is 0 Å². The van der Waals surface area contributed by atoms with Crippen molar-refractivity contribution >= 4 is 52.4 Å². The molecule has 0 aromatic carbocycles. The van der Waals surface area contributed by atoms with Gasteiger partial charge in [-0.3, -0.25) is 28.0 Å². The maximum atomic E-state index is 12.6. The maximum absolute atomic E-state index is 12.6. The van der Waals surface area contributed by atoms with E-state index in [9.17, 15) is 53.6 Å². The number of phosphoric ester groups is 2. The molecule has 13 N–H and O–H groups in total. The highest BCUT2D eigenvalue weighted by Crippen LogP contribution is 2.67. The zero-order valence-electron chi connectivity index (χ0n) is 27.1. The molecule has 3 aliphatic rings. The smallest absolute Gasteiger partial charge is 0.387 e. The molecule has 3 aliphatic heterocycles. The Balaban J connectivity index is 1.05. The average molecular weight is 819 g/mol. The molecular weight excluding hydrogens is 785 g/mol. The van der Waals surface area contributed by atoms with Crippen molar-refractivity contribution in [1.82, 2.24) is 24.1 Å². The van der Waals surface area contributed by atoms with Crippen LogP contribution < -0.4 is 26.9 Å². The summed E-state index contributed by atoms with van der Waals surface area (Å²) in [6.07, 6.45) is -10.8. The van der Waals surface area contributed by atoms with Crippen molar-refractivity contribution in [2.24, 2.45) is 17.8 Å². The lowest BCUT2D eigenvalue weighted by Crippen LogP contribution is -2.48. The molecule has 2 saturated heterocycles. The van der Waals surface area contributed by atoms with Crippen LogP contribution in [0.4, 0.5) is 11.8 Å². The Labute approximate surface area is 294 Å². The van der Waals surface area contributed by atoms with Gasteiger partial charge >= 0.3 is 23.5 Å². The van der Waals surface area contributed by atoms with E-state index in [4.69, 9.17) is 30.2 Å². The van der Waals surface area contributed by atoms with Crippen LogP contribution >= 0.6 is 23.5 Å². The fourth-order valence-corrected chi connectivity index (χ4v) is 9.36. The van der Waals surface area contributed by atoms with Gasteiger partial charge in [0.2, 0.25) is 24.1 Å². The fraction of sp³-hybridized carbons (Fsp3) is 0.591. The number of rotatable bonds is 13. The van der Waals surface area contributed by atoms with Crippen molar-refractivity contribution in [3.05, 3.63) is 28.7 Å². The molecule has 31 heteroatoms. The molecule has 0 saturated carbocycles. The minimum atomic E-state index is -5.97. The molecule has 0 aliphatic carbocycles. The zero-order valence-corrected chi connectivity index (χ0v) is 29.7. The number of imidazole rings is 2. The molecule has 6 rings (SSSR count). The van der Waals surface area contributed by atoms with Gasteiger partial charge in [0.1, 0.15) is 36.6 Å². The first-order valence-electron chi connectivity index (χ1n) is 14.9. The topological polar surface area (TPSA) is 406 Å². The third-order valence-electron chi connectivity index (χ3n) is 8.07. The average Bonchev–Trinajstić information content (AvgIpc) is 3.76. The number of methoxy groups -OCH3 is 1. The number of aromatic amines is 1.